The Kier molecular flexibility index (Phi) is 5.25. The first kappa shape index (κ1) is 21.3. The van der Waals surface area contributed by atoms with Crippen LogP contribution in [-0.2, 0) is 24.9 Å². The lowest BCUT2D eigenvalue weighted by molar-refractivity contribution is 0.545. The Hall–Kier alpha value is -3.52. The average molecular weight is 444 g/mol. The van der Waals surface area contributed by atoms with E-state index in [1.54, 1.807) is 15.6 Å². The molecule has 1 aliphatic rings. The molecular formula is C25H29N7O. The van der Waals surface area contributed by atoms with Crippen LogP contribution >= 0.6 is 0 Å². The molecule has 3 aromatic heterocycles. The summed E-state index contributed by atoms with van der Waals surface area (Å²) in [6.45, 7) is 10.7. The van der Waals surface area contributed by atoms with Gasteiger partial charge in [-0.1, -0.05) is 32.9 Å². The summed E-state index contributed by atoms with van der Waals surface area (Å²) in [6, 6.07) is 12.2. The Morgan fingerprint density at radius 1 is 1.12 bits per heavy atom. The number of aromatic nitrogens is 5. The van der Waals surface area contributed by atoms with Gasteiger partial charge in [-0.25, -0.2) is 19.3 Å². The number of nitrogens with zero attached hydrogens (tertiary/aromatic N) is 5. The fourth-order valence-corrected chi connectivity index (χ4v) is 4.25. The second-order valence-corrected chi connectivity index (χ2v) is 9.43. The van der Waals surface area contributed by atoms with Gasteiger partial charge in [-0.15, -0.1) is 0 Å². The monoisotopic (exact) mass is 443 g/mol. The SMILES string of the molecule is CCn1c(=O)c2cnc(Nc3ccc4c(c3)CCNC4)nc2n1-c1cccc(C(C)(C)C)n1. The van der Waals surface area contributed by atoms with Gasteiger partial charge in [-0.2, -0.15) is 4.98 Å². The van der Waals surface area contributed by atoms with Crippen molar-refractivity contribution in [2.45, 2.75) is 52.6 Å². The molecule has 0 atom stereocenters. The molecule has 1 aliphatic heterocycles. The molecule has 0 saturated heterocycles. The lowest BCUT2D eigenvalue weighted by atomic mass is 9.92. The quantitative estimate of drug-likeness (QED) is 0.500. The van der Waals surface area contributed by atoms with Crippen molar-refractivity contribution in [3.8, 4) is 5.82 Å². The maximum atomic E-state index is 13.1. The molecule has 2 N–H and O–H groups in total. The van der Waals surface area contributed by atoms with E-state index in [-0.39, 0.29) is 11.0 Å². The van der Waals surface area contributed by atoms with E-state index in [9.17, 15) is 4.79 Å². The first-order valence-electron chi connectivity index (χ1n) is 11.4. The summed E-state index contributed by atoms with van der Waals surface area (Å²) in [5, 5.41) is 7.19. The first-order chi connectivity index (χ1) is 15.8. The summed E-state index contributed by atoms with van der Waals surface area (Å²) in [7, 11) is 0. The fourth-order valence-electron chi connectivity index (χ4n) is 4.25. The van der Waals surface area contributed by atoms with Crippen molar-refractivity contribution in [3.05, 3.63) is 69.8 Å². The maximum absolute atomic E-state index is 13.1. The predicted octanol–water partition coefficient (Wildman–Crippen LogP) is 3.68. The van der Waals surface area contributed by atoms with E-state index < -0.39 is 0 Å². The molecule has 0 spiro atoms. The van der Waals surface area contributed by atoms with Gasteiger partial charge in [-0.3, -0.25) is 4.79 Å². The van der Waals surface area contributed by atoms with Crippen molar-refractivity contribution in [1.29, 1.82) is 0 Å². The average Bonchev–Trinajstić information content (AvgIpc) is 3.09. The number of nitrogens with one attached hydrogen (secondary N) is 2. The van der Waals surface area contributed by atoms with Gasteiger partial charge >= 0.3 is 0 Å². The minimum absolute atomic E-state index is 0.111. The predicted molar refractivity (Wildman–Crippen MR) is 130 cm³/mol. The van der Waals surface area contributed by atoms with Crippen LogP contribution < -0.4 is 16.2 Å². The van der Waals surface area contributed by atoms with Crippen LogP contribution in [0.5, 0.6) is 0 Å². The number of benzene rings is 1. The van der Waals surface area contributed by atoms with Crippen LogP contribution in [0.25, 0.3) is 16.9 Å². The third kappa shape index (κ3) is 3.91. The molecule has 0 aliphatic carbocycles. The number of hydrogen-bond acceptors (Lipinski definition) is 6. The molecule has 0 saturated carbocycles. The van der Waals surface area contributed by atoms with E-state index in [1.807, 2.05) is 31.2 Å². The zero-order valence-corrected chi connectivity index (χ0v) is 19.5. The molecule has 8 nitrogen and oxygen atoms in total. The molecule has 33 heavy (non-hydrogen) atoms. The molecule has 0 amide bonds. The van der Waals surface area contributed by atoms with E-state index >= 15 is 0 Å². The Bertz CT molecular complexity index is 1390. The normalized spacial score (nSPS) is 13.8. The molecule has 0 bridgehead atoms. The molecule has 4 heterocycles. The Balaban J connectivity index is 1.60. The van der Waals surface area contributed by atoms with Gasteiger partial charge in [0.2, 0.25) is 5.95 Å². The molecule has 0 fully saturated rings. The number of anilines is 2. The van der Waals surface area contributed by atoms with Gasteiger partial charge in [0.25, 0.3) is 5.56 Å². The third-order valence-electron chi connectivity index (χ3n) is 6.04. The largest absolute Gasteiger partial charge is 0.324 e. The van der Waals surface area contributed by atoms with Gasteiger partial charge < -0.3 is 10.6 Å². The number of rotatable bonds is 4. The van der Waals surface area contributed by atoms with Crippen molar-refractivity contribution in [2.24, 2.45) is 0 Å². The molecule has 1 aromatic carbocycles. The van der Waals surface area contributed by atoms with E-state index in [0.717, 1.165) is 30.9 Å². The van der Waals surface area contributed by atoms with Crippen molar-refractivity contribution < 1.29 is 0 Å². The topological polar surface area (TPSA) is 89.7 Å². The first-order valence-corrected chi connectivity index (χ1v) is 11.4. The summed E-state index contributed by atoms with van der Waals surface area (Å²) in [5.41, 5.74) is 4.85. The Labute approximate surface area is 192 Å². The highest BCUT2D eigenvalue weighted by atomic mass is 16.1. The highest BCUT2D eigenvalue weighted by Gasteiger charge is 2.20. The summed E-state index contributed by atoms with van der Waals surface area (Å²) < 4.78 is 3.46. The minimum Gasteiger partial charge on any atom is -0.324 e. The van der Waals surface area contributed by atoms with Gasteiger partial charge in [0.05, 0.1) is 0 Å². The van der Waals surface area contributed by atoms with Crippen LogP contribution in [0.1, 0.15) is 44.5 Å². The lowest BCUT2D eigenvalue weighted by Gasteiger charge is -2.19. The van der Waals surface area contributed by atoms with E-state index in [0.29, 0.717) is 29.3 Å². The van der Waals surface area contributed by atoms with Crippen LogP contribution in [-0.4, -0.2) is 30.9 Å². The van der Waals surface area contributed by atoms with Gasteiger partial charge in [0.1, 0.15) is 5.39 Å². The van der Waals surface area contributed by atoms with Crippen LogP contribution in [0.15, 0.2) is 47.4 Å². The Morgan fingerprint density at radius 2 is 1.97 bits per heavy atom. The molecule has 4 aromatic rings. The summed E-state index contributed by atoms with van der Waals surface area (Å²) >= 11 is 0. The van der Waals surface area contributed by atoms with Gasteiger partial charge in [-0.05, 0) is 55.3 Å². The molecule has 5 rings (SSSR count). The standard InChI is InChI=1S/C25H29N7O/c1-5-31-23(33)19-15-27-24(28-18-10-9-17-14-26-12-11-16(17)13-18)30-22(19)32(31)21-8-6-7-20(29-21)25(2,3)4/h6-10,13,15,26H,5,11-12,14H2,1-4H3,(H,27,28,30). The summed E-state index contributed by atoms with van der Waals surface area (Å²) in [5.74, 6) is 1.12. The zero-order chi connectivity index (χ0) is 23.2. The Morgan fingerprint density at radius 3 is 2.76 bits per heavy atom. The van der Waals surface area contributed by atoms with Crippen molar-refractivity contribution in [2.75, 3.05) is 11.9 Å². The highest BCUT2D eigenvalue weighted by molar-refractivity contribution is 5.77. The van der Waals surface area contributed by atoms with Crippen LogP contribution in [0.2, 0.25) is 0 Å². The lowest BCUT2D eigenvalue weighted by Crippen LogP contribution is -2.23. The van der Waals surface area contributed by atoms with Crippen molar-refractivity contribution in [3.63, 3.8) is 0 Å². The van der Waals surface area contributed by atoms with Crippen LogP contribution in [0.3, 0.4) is 0 Å². The van der Waals surface area contributed by atoms with E-state index in [2.05, 4.69) is 48.5 Å². The summed E-state index contributed by atoms with van der Waals surface area (Å²) in [6.07, 6.45) is 2.60. The molecule has 8 heteroatoms. The second-order valence-electron chi connectivity index (χ2n) is 9.43. The van der Waals surface area contributed by atoms with E-state index in [4.69, 9.17) is 9.97 Å². The van der Waals surface area contributed by atoms with Crippen molar-refractivity contribution in [1.82, 2.24) is 29.6 Å². The maximum Gasteiger partial charge on any atom is 0.278 e. The summed E-state index contributed by atoms with van der Waals surface area (Å²) in [4.78, 5) is 27.1. The molecule has 170 valence electrons. The van der Waals surface area contributed by atoms with Crippen LogP contribution in [0.4, 0.5) is 11.6 Å². The van der Waals surface area contributed by atoms with E-state index in [1.165, 1.54) is 11.1 Å². The van der Waals surface area contributed by atoms with Crippen LogP contribution in [0, 0.1) is 0 Å². The van der Waals surface area contributed by atoms with Crippen molar-refractivity contribution >= 4 is 22.7 Å². The highest BCUT2D eigenvalue weighted by Crippen LogP contribution is 2.24. The minimum atomic E-state index is -0.122. The molecular weight excluding hydrogens is 414 g/mol. The zero-order valence-electron chi connectivity index (χ0n) is 19.5. The van der Waals surface area contributed by atoms with Gasteiger partial charge in [0, 0.05) is 36.1 Å². The molecule has 0 unspecified atom stereocenters. The van der Waals surface area contributed by atoms with Gasteiger partial charge in [0.15, 0.2) is 11.5 Å². The fraction of sp³-hybridized carbons (Fsp3) is 0.360. The molecule has 0 radical (unpaired) electrons. The number of hydrogen-bond donors (Lipinski definition) is 2. The third-order valence-corrected chi connectivity index (χ3v) is 6.04. The second kappa shape index (κ2) is 8.12. The number of fused-ring (bicyclic) bond motifs is 2. The smallest absolute Gasteiger partial charge is 0.278 e. The number of pyridine rings is 1.